The number of halogens is 3. The molecule has 0 fully saturated rings. The number of methoxy groups -OCH3 is 1. The third kappa shape index (κ3) is 4.19. The van der Waals surface area contributed by atoms with Crippen molar-refractivity contribution in [3.05, 3.63) is 59.7 Å². The van der Waals surface area contributed by atoms with E-state index in [0.29, 0.717) is 6.42 Å². The maximum atomic E-state index is 12.0. The summed E-state index contributed by atoms with van der Waals surface area (Å²) in [5.41, 5.74) is 1.92. The first-order valence-electron chi connectivity index (χ1n) is 5.94. The topological polar surface area (TPSA) is 18.5 Å². The number of hydrogen-bond acceptors (Lipinski definition) is 2. The Kier molecular flexibility index (Phi) is 4.17. The first-order valence-corrected chi connectivity index (χ1v) is 5.94. The van der Waals surface area contributed by atoms with Crippen LogP contribution >= 0.6 is 0 Å². The molecule has 0 N–H and O–H groups in total. The van der Waals surface area contributed by atoms with Gasteiger partial charge in [-0.2, -0.15) is 0 Å². The number of rotatable bonds is 4. The van der Waals surface area contributed by atoms with Gasteiger partial charge in [0, 0.05) is 0 Å². The van der Waals surface area contributed by atoms with Crippen LogP contribution in [0.4, 0.5) is 13.2 Å². The second kappa shape index (κ2) is 5.86. The van der Waals surface area contributed by atoms with Crippen LogP contribution < -0.4 is 9.47 Å². The summed E-state index contributed by atoms with van der Waals surface area (Å²) in [5.74, 6) is 0.534. The van der Waals surface area contributed by atoms with Crippen molar-refractivity contribution in [3.8, 4) is 11.5 Å². The summed E-state index contributed by atoms with van der Waals surface area (Å²) < 4.78 is 45.1. The molecular formula is C15H13F3O2. The summed E-state index contributed by atoms with van der Waals surface area (Å²) in [6.07, 6.45) is -4.04. The van der Waals surface area contributed by atoms with Gasteiger partial charge < -0.3 is 9.47 Å². The zero-order valence-electron chi connectivity index (χ0n) is 10.8. The van der Waals surface area contributed by atoms with Gasteiger partial charge in [0.15, 0.2) is 0 Å². The molecule has 5 heteroatoms. The lowest BCUT2D eigenvalue weighted by atomic mass is 10.0. The van der Waals surface area contributed by atoms with E-state index in [9.17, 15) is 13.2 Å². The van der Waals surface area contributed by atoms with Crippen molar-refractivity contribution in [2.24, 2.45) is 0 Å². The standard InChI is InChI=1S/C15H13F3O2/c1-19-14-4-2-3-12(10-14)9-11-5-7-13(8-6-11)20-15(16,17)18/h2-8,10H,9H2,1H3. The van der Waals surface area contributed by atoms with Crippen LogP contribution in [0, 0.1) is 0 Å². The molecule has 0 bridgehead atoms. The molecule has 20 heavy (non-hydrogen) atoms. The zero-order chi connectivity index (χ0) is 14.6. The zero-order valence-corrected chi connectivity index (χ0v) is 10.8. The van der Waals surface area contributed by atoms with Crippen LogP contribution in [0.5, 0.6) is 11.5 Å². The van der Waals surface area contributed by atoms with Crippen molar-refractivity contribution in [1.29, 1.82) is 0 Å². The SMILES string of the molecule is COc1cccc(Cc2ccc(OC(F)(F)F)cc2)c1. The Bertz CT molecular complexity index is 562. The van der Waals surface area contributed by atoms with Gasteiger partial charge in [0.25, 0.3) is 0 Å². The molecule has 0 aromatic heterocycles. The molecule has 0 saturated heterocycles. The average molecular weight is 282 g/mol. The van der Waals surface area contributed by atoms with Gasteiger partial charge in [-0.15, -0.1) is 13.2 Å². The van der Waals surface area contributed by atoms with Crippen molar-refractivity contribution in [3.63, 3.8) is 0 Å². The first kappa shape index (κ1) is 14.2. The third-order valence-corrected chi connectivity index (χ3v) is 2.70. The molecule has 2 aromatic rings. The van der Waals surface area contributed by atoms with E-state index >= 15 is 0 Å². The van der Waals surface area contributed by atoms with Gasteiger partial charge in [0.1, 0.15) is 11.5 Å². The van der Waals surface area contributed by atoms with E-state index < -0.39 is 6.36 Å². The lowest BCUT2D eigenvalue weighted by Crippen LogP contribution is -2.17. The minimum absolute atomic E-state index is 0.216. The van der Waals surface area contributed by atoms with Crippen molar-refractivity contribution in [2.75, 3.05) is 7.11 Å². The third-order valence-electron chi connectivity index (χ3n) is 2.70. The monoisotopic (exact) mass is 282 g/mol. The van der Waals surface area contributed by atoms with Crippen LogP contribution in [-0.2, 0) is 6.42 Å². The molecule has 2 aromatic carbocycles. The second-order valence-electron chi connectivity index (χ2n) is 4.22. The summed E-state index contributed by atoms with van der Waals surface area (Å²) in [6, 6.07) is 13.4. The fourth-order valence-corrected chi connectivity index (χ4v) is 1.83. The molecule has 0 radical (unpaired) electrons. The highest BCUT2D eigenvalue weighted by molar-refractivity contribution is 5.34. The summed E-state index contributed by atoms with van der Waals surface area (Å²) in [7, 11) is 1.59. The van der Waals surface area contributed by atoms with E-state index in [4.69, 9.17) is 4.74 Å². The highest BCUT2D eigenvalue weighted by Gasteiger charge is 2.30. The summed E-state index contributed by atoms with van der Waals surface area (Å²) in [5, 5.41) is 0. The number of hydrogen-bond donors (Lipinski definition) is 0. The molecule has 0 atom stereocenters. The first-order chi connectivity index (χ1) is 9.46. The van der Waals surface area contributed by atoms with E-state index in [1.807, 2.05) is 24.3 Å². The quantitative estimate of drug-likeness (QED) is 0.837. The largest absolute Gasteiger partial charge is 0.573 e. The molecule has 2 nitrogen and oxygen atoms in total. The highest BCUT2D eigenvalue weighted by atomic mass is 19.4. The predicted molar refractivity (Wildman–Crippen MR) is 68.9 cm³/mol. The Morgan fingerprint density at radius 3 is 2.20 bits per heavy atom. The molecule has 0 saturated carbocycles. The Morgan fingerprint density at radius 2 is 1.60 bits per heavy atom. The molecule has 0 aliphatic rings. The van der Waals surface area contributed by atoms with Crippen LogP contribution in [0.15, 0.2) is 48.5 Å². The summed E-state index contributed by atoms with van der Waals surface area (Å²) >= 11 is 0. The van der Waals surface area contributed by atoms with Gasteiger partial charge in [-0.05, 0) is 41.8 Å². The van der Waals surface area contributed by atoms with Crippen molar-refractivity contribution in [1.82, 2.24) is 0 Å². The van der Waals surface area contributed by atoms with Gasteiger partial charge in [0.2, 0.25) is 0 Å². The van der Waals surface area contributed by atoms with E-state index in [1.165, 1.54) is 12.1 Å². The molecule has 0 spiro atoms. The minimum Gasteiger partial charge on any atom is -0.497 e. The van der Waals surface area contributed by atoms with E-state index in [1.54, 1.807) is 19.2 Å². The fraction of sp³-hybridized carbons (Fsp3) is 0.200. The van der Waals surface area contributed by atoms with Crippen molar-refractivity contribution < 1.29 is 22.6 Å². The maximum absolute atomic E-state index is 12.0. The molecule has 0 heterocycles. The van der Waals surface area contributed by atoms with Crippen LogP contribution in [0.1, 0.15) is 11.1 Å². The predicted octanol–water partition coefficient (Wildman–Crippen LogP) is 4.18. The van der Waals surface area contributed by atoms with E-state index in [2.05, 4.69) is 4.74 Å². The van der Waals surface area contributed by atoms with Crippen LogP contribution in [0.2, 0.25) is 0 Å². The maximum Gasteiger partial charge on any atom is 0.573 e. The van der Waals surface area contributed by atoms with Crippen LogP contribution in [0.3, 0.4) is 0 Å². The number of alkyl halides is 3. The summed E-state index contributed by atoms with van der Waals surface area (Å²) in [4.78, 5) is 0. The fourth-order valence-electron chi connectivity index (χ4n) is 1.83. The molecule has 0 aliphatic heterocycles. The van der Waals surface area contributed by atoms with Crippen LogP contribution in [-0.4, -0.2) is 13.5 Å². The van der Waals surface area contributed by atoms with E-state index in [0.717, 1.165) is 16.9 Å². The lowest BCUT2D eigenvalue weighted by Gasteiger charge is -2.09. The highest BCUT2D eigenvalue weighted by Crippen LogP contribution is 2.23. The lowest BCUT2D eigenvalue weighted by molar-refractivity contribution is -0.274. The van der Waals surface area contributed by atoms with Gasteiger partial charge in [0.05, 0.1) is 7.11 Å². The Hall–Kier alpha value is -2.17. The van der Waals surface area contributed by atoms with Crippen molar-refractivity contribution in [2.45, 2.75) is 12.8 Å². The second-order valence-corrected chi connectivity index (χ2v) is 4.22. The molecule has 0 amide bonds. The molecular weight excluding hydrogens is 269 g/mol. The Balaban J connectivity index is 2.06. The van der Waals surface area contributed by atoms with Gasteiger partial charge in [-0.25, -0.2) is 0 Å². The normalized spacial score (nSPS) is 11.2. The summed E-state index contributed by atoms with van der Waals surface area (Å²) in [6.45, 7) is 0. The Labute approximate surface area is 114 Å². The average Bonchev–Trinajstić information content (AvgIpc) is 2.40. The molecule has 106 valence electrons. The number of benzene rings is 2. The number of ether oxygens (including phenoxy) is 2. The van der Waals surface area contributed by atoms with E-state index in [-0.39, 0.29) is 5.75 Å². The smallest absolute Gasteiger partial charge is 0.497 e. The van der Waals surface area contributed by atoms with Gasteiger partial charge in [-0.1, -0.05) is 24.3 Å². The van der Waals surface area contributed by atoms with Gasteiger partial charge in [-0.3, -0.25) is 0 Å². The van der Waals surface area contributed by atoms with Crippen LogP contribution in [0.25, 0.3) is 0 Å². The Morgan fingerprint density at radius 1 is 0.900 bits per heavy atom. The molecule has 2 rings (SSSR count). The molecule has 0 unspecified atom stereocenters. The molecule has 0 aliphatic carbocycles. The minimum atomic E-state index is -4.66. The van der Waals surface area contributed by atoms with Crippen molar-refractivity contribution >= 4 is 0 Å². The van der Waals surface area contributed by atoms with Gasteiger partial charge >= 0.3 is 6.36 Å².